The highest BCUT2D eigenvalue weighted by molar-refractivity contribution is 9.10. The first kappa shape index (κ1) is 20.4. The molecule has 0 aliphatic rings. The maximum absolute atomic E-state index is 14.3. The first-order valence-electron chi connectivity index (χ1n) is 8.80. The van der Waals surface area contributed by atoms with Crippen molar-refractivity contribution in [3.05, 3.63) is 57.6 Å². The van der Waals surface area contributed by atoms with Gasteiger partial charge >= 0.3 is 0 Å². The van der Waals surface area contributed by atoms with Gasteiger partial charge in [0.05, 0.1) is 16.8 Å². The number of nitrogens with zero attached hydrogens (tertiary/aromatic N) is 2. The van der Waals surface area contributed by atoms with E-state index < -0.39 is 17.8 Å². The van der Waals surface area contributed by atoms with Crippen molar-refractivity contribution in [2.45, 2.75) is 39.8 Å². The predicted octanol–water partition coefficient (Wildman–Crippen LogP) is 6.21. The first-order chi connectivity index (χ1) is 13.3. The molecule has 0 aliphatic heterocycles. The third kappa shape index (κ3) is 4.38. The van der Waals surface area contributed by atoms with Gasteiger partial charge in [-0.15, -0.1) is 0 Å². The highest BCUT2D eigenvalue weighted by Crippen LogP contribution is 2.32. The molecule has 0 aliphatic carbocycles. The maximum atomic E-state index is 14.3. The van der Waals surface area contributed by atoms with E-state index in [4.69, 9.17) is 0 Å². The number of aryl methyl sites for hydroxylation is 1. The molecular formula is C20H20BrF3N4. The number of halogens is 4. The fraction of sp³-hybridized carbons (Fsp3) is 0.300. The van der Waals surface area contributed by atoms with Crippen LogP contribution in [0.3, 0.4) is 0 Å². The molecule has 0 bridgehead atoms. The Balaban J connectivity index is 1.95. The third-order valence-electron chi connectivity index (χ3n) is 4.13. The van der Waals surface area contributed by atoms with Gasteiger partial charge in [-0.1, -0.05) is 18.2 Å². The van der Waals surface area contributed by atoms with Crippen molar-refractivity contribution < 1.29 is 13.2 Å². The van der Waals surface area contributed by atoms with E-state index in [2.05, 4.69) is 36.5 Å². The summed E-state index contributed by atoms with van der Waals surface area (Å²) < 4.78 is 41.0. The summed E-state index contributed by atoms with van der Waals surface area (Å²) in [5, 5.41) is 7.15. The molecule has 0 radical (unpaired) electrons. The van der Waals surface area contributed by atoms with Crippen LogP contribution in [0.15, 0.2) is 34.8 Å². The zero-order chi connectivity index (χ0) is 20.4. The number of rotatable bonds is 6. The van der Waals surface area contributed by atoms with Crippen LogP contribution in [0.5, 0.6) is 0 Å². The second-order valence-electron chi connectivity index (χ2n) is 6.74. The van der Waals surface area contributed by atoms with Crippen molar-refractivity contribution in [2.75, 3.05) is 10.6 Å². The van der Waals surface area contributed by atoms with E-state index >= 15 is 0 Å². The van der Waals surface area contributed by atoms with E-state index in [0.29, 0.717) is 11.6 Å². The Labute approximate surface area is 169 Å². The van der Waals surface area contributed by atoms with Crippen LogP contribution in [0.25, 0.3) is 10.9 Å². The number of fused-ring (bicyclic) bond motifs is 1. The van der Waals surface area contributed by atoms with Crippen LogP contribution in [0.4, 0.5) is 24.7 Å². The van der Waals surface area contributed by atoms with Gasteiger partial charge in [0.2, 0.25) is 0 Å². The first-order valence-corrected chi connectivity index (χ1v) is 9.59. The standard InChI is InChI=1S/C20H20BrF3N4/c1-10(2)26-17-8-16-14(7-15(17)21)20(28-11(3)27-16)25-9-12-5-4-6-13(18(12)22)19(23)24/h4-8,10,19,26H,9H2,1-3H3,(H,25,27,28). The molecule has 0 spiro atoms. The van der Waals surface area contributed by atoms with Gasteiger partial charge in [0.1, 0.15) is 17.5 Å². The van der Waals surface area contributed by atoms with Crippen molar-refractivity contribution in [1.82, 2.24) is 9.97 Å². The number of hydrogen-bond acceptors (Lipinski definition) is 4. The van der Waals surface area contributed by atoms with Crippen molar-refractivity contribution in [2.24, 2.45) is 0 Å². The minimum atomic E-state index is -2.86. The molecule has 0 fully saturated rings. The summed E-state index contributed by atoms with van der Waals surface area (Å²) in [5.41, 5.74) is 1.18. The summed E-state index contributed by atoms with van der Waals surface area (Å²) in [7, 11) is 0. The number of alkyl halides is 2. The zero-order valence-electron chi connectivity index (χ0n) is 15.7. The van der Waals surface area contributed by atoms with Crippen molar-refractivity contribution >= 4 is 38.3 Å². The molecule has 1 heterocycles. The Bertz CT molecular complexity index is 1010. The van der Waals surface area contributed by atoms with Crippen molar-refractivity contribution in [3.8, 4) is 0 Å². The Morgan fingerprint density at radius 2 is 1.89 bits per heavy atom. The number of benzene rings is 2. The van der Waals surface area contributed by atoms with E-state index in [0.717, 1.165) is 27.1 Å². The van der Waals surface area contributed by atoms with Gasteiger partial charge in [-0.3, -0.25) is 0 Å². The SMILES string of the molecule is Cc1nc(NCc2cccc(C(F)F)c2F)c2cc(Br)c(NC(C)C)cc2n1. The molecule has 3 aromatic rings. The topological polar surface area (TPSA) is 49.8 Å². The molecule has 0 saturated carbocycles. The molecule has 28 heavy (non-hydrogen) atoms. The van der Waals surface area contributed by atoms with Gasteiger partial charge in [0.25, 0.3) is 6.43 Å². The normalized spacial score (nSPS) is 11.5. The van der Waals surface area contributed by atoms with Gasteiger partial charge in [0, 0.05) is 28.0 Å². The lowest BCUT2D eigenvalue weighted by Gasteiger charge is -2.15. The third-order valence-corrected chi connectivity index (χ3v) is 4.79. The van der Waals surface area contributed by atoms with E-state index in [1.807, 2.05) is 26.0 Å². The molecule has 0 amide bonds. The molecule has 0 unspecified atom stereocenters. The van der Waals surface area contributed by atoms with E-state index in [1.165, 1.54) is 12.1 Å². The smallest absolute Gasteiger partial charge is 0.266 e. The summed E-state index contributed by atoms with van der Waals surface area (Å²) in [6.07, 6.45) is -2.86. The molecule has 148 valence electrons. The van der Waals surface area contributed by atoms with Crippen LogP contribution >= 0.6 is 15.9 Å². The predicted molar refractivity (Wildman–Crippen MR) is 109 cm³/mol. The molecule has 8 heteroatoms. The highest BCUT2D eigenvalue weighted by Gasteiger charge is 2.17. The number of nitrogens with one attached hydrogen (secondary N) is 2. The van der Waals surface area contributed by atoms with Gasteiger partial charge in [-0.25, -0.2) is 23.1 Å². The average Bonchev–Trinajstić information content (AvgIpc) is 2.61. The Morgan fingerprint density at radius 1 is 1.14 bits per heavy atom. The Kier molecular flexibility index (Phi) is 6.07. The minimum absolute atomic E-state index is 0.0293. The van der Waals surface area contributed by atoms with E-state index in [9.17, 15) is 13.2 Å². The summed E-state index contributed by atoms with van der Waals surface area (Å²) in [5.74, 6) is 0.167. The monoisotopic (exact) mass is 452 g/mol. The summed E-state index contributed by atoms with van der Waals surface area (Å²) >= 11 is 3.54. The second-order valence-corrected chi connectivity index (χ2v) is 7.60. The summed E-state index contributed by atoms with van der Waals surface area (Å²) in [6.45, 7) is 5.87. The molecule has 2 N–H and O–H groups in total. The molecule has 1 aromatic heterocycles. The molecule has 2 aromatic carbocycles. The molecule has 0 saturated heterocycles. The lowest BCUT2D eigenvalue weighted by Crippen LogP contribution is -2.11. The molecular weight excluding hydrogens is 433 g/mol. The fourth-order valence-corrected chi connectivity index (χ4v) is 3.36. The van der Waals surface area contributed by atoms with Gasteiger partial charge < -0.3 is 10.6 Å². The van der Waals surface area contributed by atoms with E-state index in [1.54, 1.807) is 6.92 Å². The quantitative estimate of drug-likeness (QED) is 0.466. The van der Waals surface area contributed by atoms with Crippen LogP contribution in [0.1, 0.15) is 37.2 Å². The average molecular weight is 453 g/mol. The zero-order valence-corrected chi connectivity index (χ0v) is 17.2. The van der Waals surface area contributed by atoms with Gasteiger partial charge in [-0.2, -0.15) is 0 Å². The second kappa shape index (κ2) is 8.34. The van der Waals surface area contributed by atoms with Crippen LogP contribution in [0, 0.1) is 12.7 Å². The summed E-state index contributed by atoms with van der Waals surface area (Å²) in [6, 6.07) is 8.04. The van der Waals surface area contributed by atoms with Gasteiger partial charge in [0.15, 0.2) is 0 Å². The van der Waals surface area contributed by atoms with Crippen LogP contribution in [-0.4, -0.2) is 16.0 Å². The number of hydrogen-bond donors (Lipinski definition) is 2. The van der Waals surface area contributed by atoms with Crippen molar-refractivity contribution in [3.63, 3.8) is 0 Å². The van der Waals surface area contributed by atoms with E-state index in [-0.39, 0.29) is 18.2 Å². The lowest BCUT2D eigenvalue weighted by molar-refractivity contribution is 0.146. The molecule has 0 atom stereocenters. The maximum Gasteiger partial charge on any atom is 0.266 e. The van der Waals surface area contributed by atoms with Crippen molar-refractivity contribution in [1.29, 1.82) is 0 Å². The number of anilines is 2. The van der Waals surface area contributed by atoms with Crippen LogP contribution in [0.2, 0.25) is 0 Å². The van der Waals surface area contributed by atoms with Gasteiger partial charge in [-0.05, 0) is 48.8 Å². The van der Waals surface area contributed by atoms with Crippen LogP contribution in [-0.2, 0) is 6.54 Å². The Morgan fingerprint density at radius 3 is 2.57 bits per heavy atom. The molecule has 3 rings (SSSR count). The largest absolute Gasteiger partial charge is 0.382 e. The molecule has 4 nitrogen and oxygen atoms in total. The number of aromatic nitrogens is 2. The fourth-order valence-electron chi connectivity index (χ4n) is 2.91. The highest BCUT2D eigenvalue weighted by atomic mass is 79.9. The van der Waals surface area contributed by atoms with Crippen LogP contribution < -0.4 is 10.6 Å². The minimum Gasteiger partial charge on any atom is -0.382 e. The Hall–Kier alpha value is -2.35. The summed E-state index contributed by atoms with van der Waals surface area (Å²) in [4.78, 5) is 8.87. The lowest BCUT2D eigenvalue weighted by atomic mass is 10.1.